The molecule has 5 nitrogen and oxygen atoms in total. The predicted octanol–water partition coefficient (Wildman–Crippen LogP) is 2.35. The topological polar surface area (TPSA) is 67.3 Å². The summed E-state index contributed by atoms with van der Waals surface area (Å²) in [6.07, 6.45) is 6.50. The third-order valence-corrected chi connectivity index (χ3v) is 3.74. The van der Waals surface area contributed by atoms with E-state index in [9.17, 15) is 5.11 Å². The molecule has 0 aliphatic heterocycles. The van der Waals surface area contributed by atoms with E-state index in [1.807, 2.05) is 0 Å². The molecule has 1 aromatic rings. The van der Waals surface area contributed by atoms with Gasteiger partial charge in [-0.1, -0.05) is 19.3 Å². The number of methoxy groups -OCH3 is 1. The first-order valence-electron chi connectivity index (χ1n) is 6.22. The van der Waals surface area contributed by atoms with Crippen molar-refractivity contribution in [3.05, 3.63) is 10.7 Å². The van der Waals surface area contributed by atoms with Crippen molar-refractivity contribution in [1.82, 2.24) is 9.97 Å². The molecule has 2 rings (SSSR count). The summed E-state index contributed by atoms with van der Waals surface area (Å²) in [4.78, 5) is 8.43. The normalized spacial score (nSPS) is 24.4. The third-order valence-electron chi connectivity index (χ3n) is 3.20. The van der Waals surface area contributed by atoms with Gasteiger partial charge in [0.2, 0.25) is 11.8 Å². The fourth-order valence-electron chi connectivity index (χ4n) is 2.19. The van der Waals surface area contributed by atoms with E-state index in [0.29, 0.717) is 11.8 Å². The number of halogens is 1. The van der Waals surface area contributed by atoms with Crippen LogP contribution in [-0.4, -0.2) is 34.3 Å². The molecular weight excluding hydrogens is 298 g/mol. The standard InChI is InChI=1S/C12H18BrN3O2/c1-18-11-8(13)7-14-12(16-11)15-9-5-3-2-4-6-10(9)17/h7,9-10,17H,2-6H2,1H3,(H,14,15,16). The van der Waals surface area contributed by atoms with Crippen molar-refractivity contribution in [2.45, 2.75) is 44.2 Å². The van der Waals surface area contributed by atoms with Crippen LogP contribution in [0.5, 0.6) is 5.88 Å². The zero-order chi connectivity index (χ0) is 13.0. The molecule has 1 saturated carbocycles. The lowest BCUT2D eigenvalue weighted by Crippen LogP contribution is -2.33. The number of rotatable bonds is 3. The van der Waals surface area contributed by atoms with Gasteiger partial charge in [-0.3, -0.25) is 0 Å². The van der Waals surface area contributed by atoms with Crippen LogP contribution in [0.1, 0.15) is 32.1 Å². The summed E-state index contributed by atoms with van der Waals surface area (Å²) in [7, 11) is 1.57. The SMILES string of the molecule is COc1nc(NC2CCCCCC2O)ncc1Br. The molecule has 100 valence electrons. The first-order chi connectivity index (χ1) is 8.70. The van der Waals surface area contributed by atoms with Crippen LogP contribution in [-0.2, 0) is 0 Å². The molecule has 1 heterocycles. The molecule has 0 bridgehead atoms. The lowest BCUT2D eigenvalue weighted by atomic mass is 10.1. The number of hydrogen-bond donors (Lipinski definition) is 2. The molecule has 1 aliphatic carbocycles. The quantitative estimate of drug-likeness (QED) is 0.838. The number of aliphatic hydroxyl groups excluding tert-OH is 1. The minimum absolute atomic E-state index is 0.0263. The van der Waals surface area contributed by atoms with Crippen molar-refractivity contribution in [2.75, 3.05) is 12.4 Å². The van der Waals surface area contributed by atoms with E-state index in [-0.39, 0.29) is 12.1 Å². The molecule has 0 saturated heterocycles. The molecule has 2 N–H and O–H groups in total. The van der Waals surface area contributed by atoms with Gasteiger partial charge in [0, 0.05) is 0 Å². The Bertz CT molecular complexity index is 403. The van der Waals surface area contributed by atoms with Gasteiger partial charge in [0.15, 0.2) is 0 Å². The Labute approximate surface area is 115 Å². The van der Waals surface area contributed by atoms with Gasteiger partial charge in [0.25, 0.3) is 0 Å². The monoisotopic (exact) mass is 315 g/mol. The summed E-state index contributed by atoms with van der Waals surface area (Å²) in [6.45, 7) is 0. The highest BCUT2D eigenvalue weighted by Crippen LogP contribution is 2.24. The van der Waals surface area contributed by atoms with E-state index in [4.69, 9.17) is 4.74 Å². The van der Waals surface area contributed by atoms with E-state index in [1.54, 1.807) is 13.3 Å². The predicted molar refractivity (Wildman–Crippen MR) is 72.8 cm³/mol. The average molecular weight is 316 g/mol. The zero-order valence-electron chi connectivity index (χ0n) is 10.4. The van der Waals surface area contributed by atoms with E-state index < -0.39 is 0 Å². The molecular formula is C12H18BrN3O2. The van der Waals surface area contributed by atoms with Gasteiger partial charge in [0.1, 0.15) is 0 Å². The van der Waals surface area contributed by atoms with Crippen LogP contribution in [0.4, 0.5) is 5.95 Å². The van der Waals surface area contributed by atoms with E-state index in [0.717, 1.165) is 30.2 Å². The van der Waals surface area contributed by atoms with Gasteiger partial charge < -0.3 is 15.2 Å². The lowest BCUT2D eigenvalue weighted by molar-refractivity contribution is 0.144. The first-order valence-corrected chi connectivity index (χ1v) is 7.01. The molecule has 18 heavy (non-hydrogen) atoms. The van der Waals surface area contributed by atoms with Crippen molar-refractivity contribution < 1.29 is 9.84 Å². The van der Waals surface area contributed by atoms with Crippen LogP contribution >= 0.6 is 15.9 Å². The lowest BCUT2D eigenvalue weighted by Gasteiger charge is -2.21. The summed E-state index contributed by atoms with van der Waals surface area (Å²) in [5, 5.41) is 13.2. The van der Waals surface area contributed by atoms with Crippen molar-refractivity contribution in [3.63, 3.8) is 0 Å². The number of aromatic nitrogens is 2. The van der Waals surface area contributed by atoms with Crippen LogP contribution in [0.2, 0.25) is 0 Å². The number of hydrogen-bond acceptors (Lipinski definition) is 5. The molecule has 0 amide bonds. The van der Waals surface area contributed by atoms with Gasteiger partial charge in [-0.2, -0.15) is 4.98 Å². The van der Waals surface area contributed by atoms with Crippen molar-refractivity contribution >= 4 is 21.9 Å². The number of anilines is 1. The highest BCUT2D eigenvalue weighted by Gasteiger charge is 2.22. The number of nitrogens with zero attached hydrogens (tertiary/aromatic N) is 2. The van der Waals surface area contributed by atoms with Gasteiger partial charge in [-0.05, 0) is 28.8 Å². The zero-order valence-corrected chi connectivity index (χ0v) is 12.0. The molecule has 2 unspecified atom stereocenters. The second-order valence-electron chi connectivity index (χ2n) is 4.51. The molecule has 1 fully saturated rings. The molecule has 2 atom stereocenters. The summed E-state index contributed by atoms with van der Waals surface area (Å²) >= 11 is 3.31. The smallest absolute Gasteiger partial charge is 0.232 e. The van der Waals surface area contributed by atoms with Crippen molar-refractivity contribution in [2.24, 2.45) is 0 Å². The van der Waals surface area contributed by atoms with Crippen LogP contribution in [0.15, 0.2) is 10.7 Å². The van der Waals surface area contributed by atoms with Gasteiger partial charge in [-0.15, -0.1) is 0 Å². The summed E-state index contributed by atoms with van der Waals surface area (Å²) < 4.78 is 5.85. The molecule has 6 heteroatoms. The minimum atomic E-state index is -0.328. The van der Waals surface area contributed by atoms with Crippen molar-refractivity contribution in [3.8, 4) is 5.88 Å². The molecule has 0 spiro atoms. The van der Waals surface area contributed by atoms with E-state index >= 15 is 0 Å². The summed E-state index contributed by atoms with van der Waals surface area (Å²) in [5.74, 6) is 0.997. The maximum Gasteiger partial charge on any atom is 0.232 e. The second-order valence-corrected chi connectivity index (χ2v) is 5.36. The van der Waals surface area contributed by atoms with Crippen LogP contribution < -0.4 is 10.1 Å². The minimum Gasteiger partial charge on any atom is -0.480 e. The Morgan fingerprint density at radius 1 is 1.39 bits per heavy atom. The summed E-state index contributed by atoms with van der Waals surface area (Å²) in [5.41, 5.74) is 0. The number of ether oxygens (including phenoxy) is 1. The Morgan fingerprint density at radius 3 is 2.94 bits per heavy atom. The first kappa shape index (κ1) is 13.5. The van der Waals surface area contributed by atoms with Crippen LogP contribution in [0.25, 0.3) is 0 Å². The van der Waals surface area contributed by atoms with Crippen LogP contribution in [0.3, 0.4) is 0 Å². The average Bonchev–Trinajstić information content (AvgIpc) is 2.57. The maximum absolute atomic E-state index is 10.0. The van der Waals surface area contributed by atoms with E-state index in [2.05, 4.69) is 31.2 Å². The Kier molecular flexibility index (Phi) is 4.77. The molecule has 1 aliphatic rings. The Balaban J connectivity index is 2.07. The third kappa shape index (κ3) is 3.32. The van der Waals surface area contributed by atoms with Gasteiger partial charge in [-0.25, -0.2) is 4.98 Å². The largest absolute Gasteiger partial charge is 0.480 e. The summed E-state index contributed by atoms with van der Waals surface area (Å²) in [6, 6.07) is 0.0263. The van der Waals surface area contributed by atoms with Gasteiger partial charge in [0.05, 0.1) is 29.9 Å². The molecule has 0 radical (unpaired) electrons. The Morgan fingerprint density at radius 2 is 2.17 bits per heavy atom. The fourth-order valence-corrected chi connectivity index (χ4v) is 2.54. The number of nitrogens with one attached hydrogen (secondary N) is 1. The van der Waals surface area contributed by atoms with Crippen molar-refractivity contribution in [1.29, 1.82) is 0 Å². The Hall–Kier alpha value is -0.880. The maximum atomic E-state index is 10.0. The highest BCUT2D eigenvalue weighted by molar-refractivity contribution is 9.10. The molecule has 1 aromatic heterocycles. The number of aliphatic hydroxyl groups is 1. The highest BCUT2D eigenvalue weighted by atomic mass is 79.9. The van der Waals surface area contributed by atoms with Gasteiger partial charge >= 0.3 is 0 Å². The fraction of sp³-hybridized carbons (Fsp3) is 0.667. The second kappa shape index (κ2) is 6.33. The molecule has 0 aromatic carbocycles. The van der Waals surface area contributed by atoms with E-state index in [1.165, 1.54) is 6.42 Å². The van der Waals surface area contributed by atoms with Crippen LogP contribution in [0, 0.1) is 0 Å².